The normalized spacial score (nSPS) is 16.8. The number of aryl methyl sites for hydroxylation is 1. The van der Waals surface area contributed by atoms with Gasteiger partial charge >= 0.3 is 0 Å². The molecule has 16 heteroatoms. The van der Waals surface area contributed by atoms with Crippen molar-refractivity contribution < 1.29 is 46.4 Å². The fourth-order valence-corrected chi connectivity index (χ4v) is 6.82. The van der Waals surface area contributed by atoms with Crippen LogP contribution in [0.25, 0.3) is 0 Å². The predicted molar refractivity (Wildman–Crippen MR) is 215 cm³/mol. The summed E-state index contributed by atoms with van der Waals surface area (Å²) >= 11 is 0. The van der Waals surface area contributed by atoms with Gasteiger partial charge in [0.15, 0.2) is 5.78 Å². The van der Waals surface area contributed by atoms with Gasteiger partial charge < -0.3 is 31.1 Å². The van der Waals surface area contributed by atoms with E-state index in [1.54, 1.807) is 30.3 Å². The molecule has 1 heterocycles. The monoisotopic (exact) mass is 815 g/mol. The molecule has 316 valence electrons. The van der Waals surface area contributed by atoms with Crippen molar-refractivity contribution in [3.63, 3.8) is 0 Å². The number of Topliss-reactive ketones (excluding diaryl/α,β-unsaturated/α-hetero) is 1. The minimum atomic E-state index is -3.99. The van der Waals surface area contributed by atoms with Gasteiger partial charge in [0, 0.05) is 19.5 Å². The Hall–Kier alpha value is -4.22. The number of carbonyl (C=O) groups is 5. The van der Waals surface area contributed by atoms with E-state index in [0.717, 1.165) is 18.7 Å². The van der Waals surface area contributed by atoms with Gasteiger partial charge in [0.05, 0.1) is 32.1 Å². The van der Waals surface area contributed by atoms with E-state index in [-0.39, 0.29) is 50.0 Å². The minimum absolute atomic E-state index is 0.0221. The van der Waals surface area contributed by atoms with Crippen LogP contribution in [0.4, 0.5) is 0 Å². The number of nitrogens with zero attached hydrogens (tertiary/aromatic N) is 1. The summed E-state index contributed by atoms with van der Waals surface area (Å²) in [5.74, 6) is -3.31. The smallest absolute Gasteiger partial charge is 0.264 e. The summed E-state index contributed by atoms with van der Waals surface area (Å²) in [5.41, 5.74) is -0.593. The Balaban J connectivity index is 1.85. The molecule has 5 N–H and O–H groups in total. The molecule has 0 bridgehead atoms. The SMILES string of the molecule is CC(C)CC(NC(=O)[C@H](CCc1ccccc1)NC(=O)CN1CCOCC1)C(=O)N[C@@H](Cc1ccccc1)C(=O)N[C@@H](CC(C)C)C(=O)[C@](C)(O)COS(C)(=O)=O. The Morgan fingerprint density at radius 3 is 1.81 bits per heavy atom. The molecular formula is C41H61N5O10S. The Labute approximate surface area is 337 Å². The van der Waals surface area contributed by atoms with Crippen molar-refractivity contribution in [3.8, 4) is 0 Å². The number of aliphatic hydroxyl groups is 1. The van der Waals surface area contributed by atoms with E-state index in [0.29, 0.717) is 38.3 Å². The van der Waals surface area contributed by atoms with E-state index in [4.69, 9.17) is 8.92 Å². The number of amides is 4. The number of carbonyl (C=O) groups excluding carboxylic acids is 5. The Kier molecular flexibility index (Phi) is 18.7. The van der Waals surface area contributed by atoms with Crippen LogP contribution in [0.2, 0.25) is 0 Å². The highest BCUT2D eigenvalue weighted by Crippen LogP contribution is 2.17. The van der Waals surface area contributed by atoms with Gasteiger partial charge in [-0.25, -0.2) is 0 Å². The molecule has 1 fully saturated rings. The first-order chi connectivity index (χ1) is 26.8. The van der Waals surface area contributed by atoms with Gasteiger partial charge in [0.1, 0.15) is 30.3 Å². The zero-order valence-electron chi connectivity index (χ0n) is 34.0. The molecule has 4 amide bonds. The first-order valence-electron chi connectivity index (χ1n) is 19.5. The molecule has 1 saturated heterocycles. The fraction of sp³-hybridized carbons (Fsp3) is 0.585. The second-order valence-corrected chi connectivity index (χ2v) is 17.4. The first kappa shape index (κ1) is 47.2. The molecule has 2 aromatic rings. The lowest BCUT2D eigenvalue weighted by Crippen LogP contribution is -2.60. The molecule has 1 aliphatic heterocycles. The van der Waals surface area contributed by atoms with Crippen LogP contribution in [0, 0.1) is 11.8 Å². The number of hydrogen-bond acceptors (Lipinski definition) is 11. The number of benzene rings is 2. The van der Waals surface area contributed by atoms with Gasteiger partial charge in [-0.1, -0.05) is 88.4 Å². The lowest BCUT2D eigenvalue weighted by Gasteiger charge is -2.30. The maximum Gasteiger partial charge on any atom is 0.264 e. The van der Waals surface area contributed by atoms with Crippen molar-refractivity contribution >= 4 is 39.5 Å². The second-order valence-electron chi connectivity index (χ2n) is 15.8. The van der Waals surface area contributed by atoms with Crippen molar-refractivity contribution in [2.45, 2.75) is 96.5 Å². The molecule has 0 aromatic heterocycles. The van der Waals surface area contributed by atoms with Crippen molar-refractivity contribution in [2.75, 3.05) is 45.7 Å². The molecule has 5 atom stereocenters. The quantitative estimate of drug-likeness (QED) is 0.102. The van der Waals surface area contributed by atoms with Crippen molar-refractivity contribution in [2.24, 2.45) is 11.8 Å². The summed E-state index contributed by atoms with van der Waals surface area (Å²) in [5, 5.41) is 22.2. The maximum atomic E-state index is 14.1. The van der Waals surface area contributed by atoms with E-state index in [1.165, 1.54) is 0 Å². The third kappa shape index (κ3) is 17.4. The van der Waals surface area contributed by atoms with Gasteiger partial charge in [-0.15, -0.1) is 0 Å². The molecule has 0 spiro atoms. The zero-order valence-corrected chi connectivity index (χ0v) is 34.8. The van der Waals surface area contributed by atoms with Crippen LogP contribution in [0.1, 0.15) is 65.0 Å². The third-order valence-corrected chi connectivity index (χ3v) is 9.91. The maximum absolute atomic E-state index is 14.1. The van der Waals surface area contributed by atoms with Gasteiger partial charge in [-0.05, 0) is 55.6 Å². The molecule has 1 aliphatic rings. The molecule has 1 unspecified atom stereocenters. The average molecular weight is 816 g/mol. The van der Waals surface area contributed by atoms with Gasteiger partial charge in [-0.2, -0.15) is 8.42 Å². The Bertz CT molecular complexity index is 1720. The third-order valence-electron chi connectivity index (χ3n) is 9.37. The molecular weight excluding hydrogens is 755 g/mol. The molecule has 57 heavy (non-hydrogen) atoms. The standard InChI is InChI=1S/C41H61N5O10S/c1-28(2)23-33(37(48)41(5,52)27-56-57(6,53)54)43-40(51)35(25-31-15-11-8-12-16-31)45-39(50)34(24-29(3)4)44-38(49)32(18-17-30-13-9-7-10-14-30)42-36(47)26-46-19-21-55-22-20-46/h7-16,28-29,32-35,52H,17-27H2,1-6H3,(H,42,47)(H,43,51)(H,44,49)(H,45,50)/t32-,33-,34?,35-,41+/m0/s1. The number of hydrogen-bond donors (Lipinski definition) is 5. The van der Waals surface area contributed by atoms with E-state index < -0.39 is 70.0 Å². The van der Waals surface area contributed by atoms with E-state index in [2.05, 4.69) is 21.3 Å². The number of ketones is 1. The highest BCUT2D eigenvalue weighted by Gasteiger charge is 2.39. The molecule has 0 saturated carbocycles. The highest BCUT2D eigenvalue weighted by molar-refractivity contribution is 7.86. The van der Waals surface area contributed by atoms with Crippen LogP contribution in [0.15, 0.2) is 60.7 Å². The first-order valence-corrected chi connectivity index (χ1v) is 21.3. The van der Waals surface area contributed by atoms with Crippen LogP contribution in [0.3, 0.4) is 0 Å². The van der Waals surface area contributed by atoms with Gasteiger partial charge in [0.2, 0.25) is 23.6 Å². The van der Waals surface area contributed by atoms with Gasteiger partial charge in [-0.3, -0.25) is 33.1 Å². The van der Waals surface area contributed by atoms with Crippen LogP contribution in [0.5, 0.6) is 0 Å². The summed E-state index contributed by atoms with van der Waals surface area (Å²) in [6.45, 7) is 9.95. The lowest BCUT2D eigenvalue weighted by atomic mass is 9.90. The summed E-state index contributed by atoms with van der Waals surface area (Å²) < 4.78 is 33.4. The summed E-state index contributed by atoms with van der Waals surface area (Å²) in [6.07, 6.45) is 1.88. The Morgan fingerprint density at radius 2 is 1.25 bits per heavy atom. The topological polar surface area (TPSA) is 210 Å². The highest BCUT2D eigenvalue weighted by atomic mass is 32.2. The minimum Gasteiger partial charge on any atom is -0.380 e. The van der Waals surface area contributed by atoms with E-state index in [1.807, 2.05) is 62.9 Å². The summed E-state index contributed by atoms with van der Waals surface area (Å²) in [6, 6.07) is 13.9. The summed E-state index contributed by atoms with van der Waals surface area (Å²) in [4.78, 5) is 71.0. The molecule has 3 rings (SSSR count). The number of rotatable bonds is 23. The van der Waals surface area contributed by atoms with Crippen LogP contribution in [-0.2, 0) is 55.9 Å². The number of ether oxygens (including phenoxy) is 1. The summed E-state index contributed by atoms with van der Waals surface area (Å²) in [7, 11) is -3.99. The molecule has 15 nitrogen and oxygen atoms in total. The van der Waals surface area contributed by atoms with Crippen molar-refractivity contribution in [3.05, 3.63) is 71.8 Å². The zero-order chi connectivity index (χ0) is 42.2. The predicted octanol–water partition coefficient (Wildman–Crippen LogP) is 1.52. The Morgan fingerprint density at radius 1 is 0.754 bits per heavy atom. The van der Waals surface area contributed by atoms with Crippen LogP contribution < -0.4 is 21.3 Å². The van der Waals surface area contributed by atoms with Crippen LogP contribution in [-0.4, -0.2) is 123 Å². The second kappa shape index (κ2) is 22.6. The molecule has 0 aliphatic carbocycles. The van der Waals surface area contributed by atoms with Gasteiger partial charge in [0.25, 0.3) is 10.1 Å². The van der Waals surface area contributed by atoms with Crippen molar-refractivity contribution in [1.29, 1.82) is 0 Å². The van der Waals surface area contributed by atoms with Crippen molar-refractivity contribution in [1.82, 2.24) is 26.2 Å². The fourth-order valence-electron chi connectivity index (χ4n) is 6.38. The average Bonchev–Trinajstić information content (AvgIpc) is 3.15. The number of morpholine rings is 1. The van der Waals surface area contributed by atoms with Crippen LogP contribution >= 0.6 is 0 Å². The van der Waals surface area contributed by atoms with E-state index >= 15 is 0 Å². The molecule has 0 radical (unpaired) electrons. The molecule has 2 aromatic carbocycles. The number of nitrogens with one attached hydrogen (secondary N) is 4. The van der Waals surface area contributed by atoms with E-state index in [9.17, 15) is 37.5 Å². The largest absolute Gasteiger partial charge is 0.380 e. The lowest BCUT2D eigenvalue weighted by molar-refractivity contribution is -0.143.